The number of benzene rings is 2. The van der Waals surface area contributed by atoms with Crippen molar-refractivity contribution in [3.05, 3.63) is 69.5 Å². The molecule has 5 nitrogen and oxygen atoms in total. The zero-order valence-electron chi connectivity index (χ0n) is 15.7. The normalized spacial score (nSPS) is 10.6. The topological polar surface area (TPSA) is 66.2 Å². The molecular formula is C21H23N3O2S. The van der Waals surface area contributed by atoms with E-state index in [2.05, 4.69) is 21.7 Å². The van der Waals surface area contributed by atoms with Crippen LogP contribution < -0.4 is 20.9 Å². The fourth-order valence-electron chi connectivity index (χ4n) is 2.98. The van der Waals surface area contributed by atoms with Crippen molar-refractivity contribution in [3.63, 3.8) is 0 Å². The van der Waals surface area contributed by atoms with Gasteiger partial charge in [0, 0.05) is 12.1 Å². The third-order valence-electron chi connectivity index (χ3n) is 4.66. The molecule has 140 valence electrons. The Labute approximate surface area is 163 Å². The molecule has 0 spiro atoms. The summed E-state index contributed by atoms with van der Waals surface area (Å²) in [6.07, 6.45) is 0.575. The minimum Gasteiger partial charge on any atom is -0.495 e. The molecule has 0 unspecified atom stereocenters. The van der Waals surface area contributed by atoms with Gasteiger partial charge in [-0.2, -0.15) is 0 Å². The molecule has 0 aliphatic carbocycles. The molecule has 0 saturated carbocycles. The second-order valence-electron chi connectivity index (χ2n) is 6.43. The van der Waals surface area contributed by atoms with Crippen LogP contribution in [0, 0.1) is 13.8 Å². The second-order valence-corrected chi connectivity index (χ2v) is 6.83. The lowest BCUT2D eigenvalue weighted by molar-refractivity contribution is 0.417. The summed E-state index contributed by atoms with van der Waals surface area (Å²) >= 11 is 5.34. The minimum absolute atomic E-state index is 0.0541. The number of hydrogen-bond acceptors (Lipinski definition) is 3. The van der Waals surface area contributed by atoms with E-state index in [1.54, 1.807) is 7.11 Å². The Kier molecular flexibility index (Phi) is 5.76. The highest BCUT2D eigenvalue weighted by atomic mass is 32.1. The summed E-state index contributed by atoms with van der Waals surface area (Å²) in [5, 5.41) is 7.79. The number of para-hydroxylation sites is 2. The molecule has 27 heavy (non-hydrogen) atoms. The molecule has 0 aliphatic heterocycles. The Morgan fingerprint density at radius 1 is 1.19 bits per heavy atom. The van der Waals surface area contributed by atoms with Gasteiger partial charge in [-0.3, -0.25) is 4.79 Å². The number of aryl methyl sites for hydroxylation is 2. The molecule has 6 heteroatoms. The Morgan fingerprint density at radius 3 is 2.74 bits per heavy atom. The van der Waals surface area contributed by atoms with Gasteiger partial charge in [0.05, 0.1) is 18.3 Å². The molecule has 0 amide bonds. The zero-order chi connectivity index (χ0) is 19.4. The van der Waals surface area contributed by atoms with E-state index in [1.165, 1.54) is 5.56 Å². The molecular weight excluding hydrogens is 358 g/mol. The van der Waals surface area contributed by atoms with Crippen LogP contribution in [0.5, 0.6) is 5.75 Å². The van der Waals surface area contributed by atoms with Gasteiger partial charge in [-0.1, -0.05) is 24.3 Å². The van der Waals surface area contributed by atoms with E-state index in [0.717, 1.165) is 33.5 Å². The SMILES string of the molecule is COc1ccccc1NC(=S)NCCc1cc2ccc(C)c(C)c2[nH]c1=O. The average Bonchev–Trinajstić information content (AvgIpc) is 2.66. The number of aromatic amines is 1. The molecule has 1 aromatic heterocycles. The maximum absolute atomic E-state index is 12.4. The second kappa shape index (κ2) is 8.22. The summed E-state index contributed by atoms with van der Waals surface area (Å²) in [7, 11) is 1.62. The lowest BCUT2D eigenvalue weighted by atomic mass is 10.0. The summed E-state index contributed by atoms with van der Waals surface area (Å²) in [5.41, 5.74) is 4.66. The minimum atomic E-state index is -0.0541. The maximum Gasteiger partial charge on any atom is 0.251 e. The predicted molar refractivity (Wildman–Crippen MR) is 115 cm³/mol. The standard InChI is InChI=1S/C21H23N3O2S/c1-13-8-9-15-12-16(20(25)24-19(15)14(13)2)10-11-22-21(27)23-17-6-4-5-7-18(17)26-3/h4-9,12H,10-11H2,1-3H3,(H,24,25)(H2,22,23,27). The molecule has 1 heterocycles. The average molecular weight is 382 g/mol. The fourth-order valence-corrected chi connectivity index (χ4v) is 3.19. The van der Waals surface area contributed by atoms with Crippen LogP contribution in [0.25, 0.3) is 10.9 Å². The first kappa shape index (κ1) is 18.9. The van der Waals surface area contributed by atoms with Crippen LogP contribution in [0.3, 0.4) is 0 Å². The zero-order valence-corrected chi connectivity index (χ0v) is 16.5. The van der Waals surface area contributed by atoms with E-state index in [9.17, 15) is 4.79 Å². The maximum atomic E-state index is 12.4. The Balaban J connectivity index is 1.65. The number of thiocarbonyl (C=S) groups is 1. The van der Waals surface area contributed by atoms with E-state index < -0.39 is 0 Å². The molecule has 0 saturated heterocycles. The number of rotatable bonds is 5. The van der Waals surface area contributed by atoms with E-state index in [0.29, 0.717) is 18.1 Å². The number of hydrogen-bond donors (Lipinski definition) is 3. The first-order chi connectivity index (χ1) is 13.0. The number of ether oxygens (including phenoxy) is 1. The van der Waals surface area contributed by atoms with Crippen molar-refractivity contribution in [1.29, 1.82) is 0 Å². The molecule has 0 bridgehead atoms. The van der Waals surface area contributed by atoms with Gasteiger partial charge in [-0.25, -0.2) is 0 Å². The van der Waals surface area contributed by atoms with Crippen molar-refractivity contribution >= 4 is 33.9 Å². The largest absolute Gasteiger partial charge is 0.495 e. The number of anilines is 1. The van der Waals surface area contributed by atoms with E-state index in [-0.39, 0.29) is 5.56 Å². The van der Waals surface area contributed by atoms with Crippen LogP contribution in [0.2, 0.25) is 0 Å². The quantitative estimate of drug-likeness (QED) is 0.589. The lowest BCUT2D eigenvalue weighted by Crippen LogP contribution is -2.31. The van der Waals surface area contributed by atoms with Crippen molar-refractivity contribution in [2.45, 2.75) is 20.3 Å². The van der Waals surface area contributed by atoms with Gasteiger partial charge in [0.25, 0.3) is 5.56 Å². The summed E-state index contributed by atoms with van der Waals surface area (Å²) in [6, 6.07) is 13.6. The number of aromatic nitrogens is 1. The van der Waals surface area contributed by atoms with Gasteiger partial charge >= 0.3 is 0 Å². The molecule has 0 fully saturated rings. The van der Waals surface area contributed by atoms with Gasteiger partial charge in [0.15, 0.2) is 5.11 Å². The number of pyridine rings is 1. The van der Waals surface area contributed by atoms with Crippen LogP contribution in [0.1, 0.15) is 16.7 Å². The van der Waals surface area contributed by atoms with E-state index in [1.807, 2.05) is 50.2 Å². The van der Waals surface area contributed by atoms with Gasteiger partial charge in [-0.05, 0) is 67.2 Å². The van der Waals surface area contributed by atoms with E-state index in [4.69, 9.17) is 17.0 Å². The highest BCUT2D eigenvalue weighted by molar-refractivity contribution is 7.80. The molecule has 0 radical (unpaired) electrons. The highest BCUT2D eigenvalue weighted by Gasteiger charge is 2.07. The van der Waals surface area contributed by atoms with Gasteiger partial charge in [-0.15, -0.1) is 0 Å². The molecule has 0 aliphatic rings. The van der Waals surface area contributed by atoms with Crippen LogP contribution in [0.4, 0.5) is 5.69 Å². The third-order valence-corrected chi connectivity index (χ3v) is 4.91. The van der Waals surface area contributed by atoms with Crippen molar-refractivity contribution < 1.29 is 4.74 Å². The van der Waals surface area contributed by atoms with Crippen molar-refractivity contribution in [1.82, 2.24) is 10.3 Å². The fraction of sp³-hybridized carbons (Fsp3) is 0.238. The molecule has 3 rings (SSSR count). The molecule has 3 aromatic rings. The van der Waals surface area contributed by atoms with Crippen molar-refractivity contribution in [2.24, 2.45) is 0 Å². The number of fused-ring (bicyclic) bond motifs is 1. The Morgan fingerprint density at radius 2 is 1.96 bits per heavy atom. The summed E-state index contributed by atoms with van der Waals surface area (Å²) in [6.45, 7) is 4.62. The summed E-state index contributed by atoms with van der Waals surface area (Å²) in [4.78, 5) is 15.4. The van der Waals surface area contributed by atoms with Crippen LogP contribution in [-0.4, -0.2) is 23.8 Å². The Hall–Kier alpha value is -2.86. The number of methoxy groups -OCH3 is 1. The van der Waals surface area contributed by atoms with Crippen molar-refractivity contribution in [3.8, 4) is 5.75 Å². The summed E-state index contributed by atoms with van der Waals surface area (Å²) < 4.78 is 5.30. The lowest BCUT2D eigenvalue weighted by Gasteiger charge is -2.13. The number of H-pyrrole nitrogens is 1. The van der Waals surface area contributed by atoms with Crippen LogP contribution in [-0.2, 0) is 6.42 Å². The van der Waals surface area contributed by atoms with Gasteiger partial charge in [0.2, 0.25) is 0 Å². The number of nitrogens with one attached hydrogen (secondary N) is 3. The summed E-state index contributed by atoms with van der Waals surface area (Å²) in [5.74, 6) is 0.721. The van der Waals surface area contributed by atoms with Crippen LogP contribution >= 0.6 is 12.2 Å². The van der Waals surface area contributed by atoms with Crippen LogP contribution in [0.15, 0.2) is 47.3 Å². The first-order valence-corrected chi connectivity index (χ1v) is 9.20. The van der Waals surface area contributed by atoms with E-state index >= 15 is 0 Å². The molecule has 0 atom stereocenters. The smallest absolute Gasteiger partial charge is 0.251 e. The first-order valence-electron chi connectivity index (χ1n) is 8.79. The molecule has 3 N–H and O–H groups in total. The predicted octanol–water partition coefficient (Wildman–Crippen LogP) is 3.68. The Bertz CT molecular complexity index is 1040. The monoisotopic (exact) mass is 381 g/mol. The third kappa shape index (κ3) is 4.28. The molecule has 2 aromatic carbocycles. The van der Waals surface area contributed by atoms with Crippen molar-refractivity contribution in [2.75, 3.05) is 19.0 Å². The van der Waals surface area contributed by atoms with Gasteiger partial charge in [0.1, 0.15) is 5.75 Å². The highest BCUT2D eigenvalue weighted by Crippen LogP contribution is 2.22. The van der Waals surface area contributed by atoms with Gasteiger partial charge < -0.3 is 20.4 Å².